The summed E-state index contributed by atoms with van der Waals surface area (Å²) in [4.78, 5) is 12.2. The fourth-order valence-corrected chi connectivity index (χ4v) is 2.91. The standard InChI is InChI=1S/C18H16ClNO3/c1-20-16-8-3-2-7-14(16)15(17(20)10-21)11-23-18(22)12-5-4-6-13(19)9-12/h2-9,21H,10-11H2,1H3. The first-order valence-electron chi connectivity index (χ1n) is 7.20. The molecule has 23 heavy (non-hydrogen) atoms. The number of nitrogens with zero attached hydrogens (tertiary/aromatic N) is 1. The molecule has 0 fully saturated rings. The number of carbonyl (C=O) groups excluding carboxylic acids is 1. The van der Waals surface area contributed by atoms with Crippen LogP contribution in [0.1, 0.15) is 21.6 Å². The Morgan fingerprint density at radius 3 is 2.74 bits per heavy atom. The van der Waals surface area contributed by atoms with Crippen molar-refractivity contribution in [2.24, 2.45) is 7.05 Å². The molecule has 0 radical (unpaired) electrons. The van der Waals surface area contributed by atoms with Gasteiger partial charge in [-0.1, -0.05) is 35.9 Å². The first-order valence-corrected chi connectivity index (χ1v) is 7.58. The molecule has 3 rings (SSSR count). The number of halogens is 1. The summed E-state index contributed by atoms with van der Waals surface area (Å²) >= 11 is 5.89. The highest BCUT2D eigenvalue weighted by Gasteiger charge is 2.16. The Morgan fingerprint density at radius 2 is 2.00 bits per heavy atom. The number of esters is 1. The number of fused-ring (bicyclic) bond motifs is 1. The predicted molar refractivity (Wildman–Crippen MR) is 89.4 cm³/mol. The zero-order valence-corrected chi connectivity index (χ0v) is 13.4. The molecule has 5 heteroatoms. The van der Waals surface area contributed by atoms with Gasteiger partial charge in [0, 0.05) is 28.5 Å². The van der Waals surface area contributed by atoms with E-state index in [0.29, 0.717) is 10.6 Å². The molecule has 0 unspecified atom stereocenters. The first-order chi connectivity index (χ1) is 11.1. The summed E-state index contributed by atoms with van der Waals surface area (Å²) in [7, 11) is 1.89. The van der Waals surface area contributed by atoms with Gasteiger partial charge in [-0.25, -0.2) is 4.79 Å². The fraction of sp³-hybridized carbons (Fsp3) is 0.167. The van der Waals surface area contributed by atoms with E-state index in [1.807, 2.05) is 35.9 Å². The Hall–Kier alpha value is -2.30. The van der Waals surface area contributed by atoms with Gasteiger partial charge in [0.2, 0.25) is 0 Å². The van der Waals surface area contributed by atoms with Crippen LogP contribution in [0, 0.1) is 0 Å². The number of carbonyl (C=O) groups is 1. The molecule has 1 N–H and O–H groups in total. The van der Waals surface area contributed by atoms with E-state index in [9.17, 15) is 9.90 Å². The van der Waals surface area contributed by atoms with Gasteiger partial charge in [0.05, 0.1) is 17.9 Å². The summed E-state index contributed by atoms with van der Waals surface area (Å²) < 4.78 is 7.33. The highest BCUT2D eigenvalue weighted by Crippen LogP contribution is 2.26. The fourth-order valence-electron chi connectivity index (χ4n) is 2.72. The zero-order valence-electron chi connectivity index (χ0n) is 12.6. The van der Waals surface area contributed by atoms with Crippen LogP contribution in [0.3, 0.4) is 0 Å². The maximum Gasteiger partial charge on any atom is 0.338 e. The van der Waals surface area contributed by atoms with Gasteiger partial charge in [0.25, 0.3) is 0 Å². The molecule has 0 amide bonds. The number of rotatable bonds is 4. The van der Waals surface area contributed by atoms with Crippen LogP contribution in [0.5, 0.6) is 0 Å². The number of aryl methyl sites for hydroxylation is 1. The van der Waals surface area contributed by atoms with Crippen molar-refractivity contribution >= 4 is 28.5 Å². The summed E-state index contributed by atoms with van der Waals surface area (Å²) in [5.74, 6) is -0.440. The van der Waals surface area contributed by atoms with Crippen LogP contribution in [0.25, 0.3) is 10.9 Å². The van der Waals surface area contributed by atoms with Crippen molar-refractivity contribution in [1.82, 2.24) is 4.57 Å². The SMILES string of the molecule is Cn1c(CO)c(COC(=O)c2cccc(Cl)c2)c2ccccc21. The second-order valence-electron chi connectivity index (χ2n) is 5.25. The molecule has 0 saturated heterocycles. The average molecular weight is 330 g/mol. The van der Waals surface area contributed by atoms with Gasteiger partial charge in [-0.2, -0.15) is 0 Å². The van der Waals surface area contributed by atoms with Crippen molar-refractivity contribution in [3.8, 4) is 0 Å². The van der Waals surface area contributed by atoms with Crippen LogP contribution in [0.2, 0.25) is 5.02 Å². The summed E-state index contributed by atoms with van der Waals surface area (Å²) in [6.45, 7) is -0.0160. The van der Waals surface area contributed by atoms with Crippen molar-refractivity contribution in [1.29, 1.82) is 0 Å². The number of para-hydroxylation sites is 1. The lowest BCUT2D eigenvalue weighted by Crippen LogP contribution is -2.07. The van der Waals surface area contributed by atoms with E-state index < -0.39 is 5.97 Å². The molecule has 4 nitrogen and oxygen atoms in total. The minimum atomic E-state index is -0.440. The number of aliphatic hydroxyl groups excluding tert-OH is 1. The molecule has 1 heterocycles. The lowest BCUT2D eigenvalue weighted by molar-refractivity contribution is 0.0471. The second-order valence-corrected chi connectivity index (χ2v) is 5.68. The molecule has 0 atom stereocenters. The molecular formula is C18H16ClNO3. The quantitative estimate of drug-likeness (QED) is 0.743. The van der Waals surface area contributed by atoms with Crippen LogP contribution in [-0.2, 0) is 25.0 Å². The lowest BCUT2D eigenvalue weighted by Gasteiger charge is -2.07. The van der Waals surface area contributed by atoms with E-state index in [-0.39, 0.29) is 13.2 Å². The molecule has 0 aliphatic rings. The van der Waals surface area contributed by atoms with Crippen LogP contribution >= 0.6 is 11.6 Å². The van der Waals surface area contributed by atoms with Gasteiger partial charge in [0.15, 0.2) is 0 Å². The molecule has 1 aromatic heterocycles. The highest BCUT2D eigenvalue weighted by atomic mass is 35.5. The second kappa shape index (κ2) is 6.44. The normalized spacial score (nSPS) is 10.9. The van der Waals surface area contributed by atoms with Crippen molar-refractivity contribution in [3.05, 3.63) is 70.4 Å². The lowest BCUT2D eigenvalue weighted by atomic mass is 10.1. The minimum absolute atomic E-state index is 0.0998. The molecular weight excluding hydrogens is 314 g/mol. The Kier molecular flexibility index (Phi) is 4.37. The highest BCUT2D eigenvalue weighted by molar-refractivity contribution is 6.30. The van der Waals surface area contributed by atoms with Crippen LogP contribution in [-0.4, -0.2) is 15.6 Å². The number of aromatic nitrogens is 1. The topological polar surface area (TPSA) is 51.5 Å². The van der Waals surface area contributed by atoms with E-state index in [2.05, 4.69) is 0 Å². The van der Waals surface area contributed by atoms with E-state index >= 15 is 0 Å². The van der Waals surface area contributed by atoms with Crippen molar-refractivity contribution in [2.45, 2.75) is 13.2 Å². The smallest absolute Gasteiger partial charge is 0.338 e. The van der Waals surface area contributed by atoms with Crippen molar-refractivity contribution in [3.63, 3.8) is 0 Å². The average Bonchev–Trinajstić information content (AvgIpc) is 2.84. The van der Waals surface area contributed by atoms with E-state index in [1.54, 1.807) is 24.3 Å². The molecule has 0 aliphatic heterocycles. The molecule has 0 saturated carbocycles. The first kappa shape index (κ1) is 15.6. The number of hydrogen-bond donors (Lipinski definition) is 1. The Labute approximate surface area is 138 Å². The molecule has 0 spiro atoms. The molecule has 2 aromatic carbocycles. The summed E-state index contributed by atoms with van der Waals surface area (Å²) in [6.07, 6.45) is 0. The molecule has 0 aliphatic carbocycles. The van der Waals surface area contributed by atoms with Gasteiger partial charge in [0.1, 0.15) is 6.61 Å². The summed E-state index contributed by atoms with van der Waals surface area (Å²) in [6, 6.07) is 14.4. The van der Waals surface area contributed by atoms with E-state index in [4.69, 9.17) is 16.3 Å². The zero-order chi connectivity index (χ0) is 16.4. The third-order valence-electron chi connectivity index (χ3n) is 3.90. The van der Waals surface area contributed by atoms with Crippen molar-refractivity contribution in [2.75, 3.05) is 0 Å². The summed E-state index contributed by atoms with van der Waals surface area (Å²) in [5.41, 5.74) is 2.96. The minimum Gasteiger partial charge on any atom is -0.457 e. The van der Waals surface area contributed by atoms with Gasteiger partial charge in [-0.3, -0.25) is 0 Å². The summed E-state index contributed by atoms with van der Waals surface area (Å²) in [5, 5.41) is 11.1. The van der Waals surface area contributed by atoms with E-state index in [1.165, 1.54) is 0 Å². The van der Waals surface area contributed by atoms with Gasteiger partial charge in [-0.05, 0) is 24.3 Å². The molecule has 118 valence electrons. The third kappa shape index (κ3) is 2.96. The van der Waals surface area contributed by atoms with Crippen LogP contribution < -0.4 is 0 Å². The number of hydrogen-bond acceptors (Lipinski definition) is 3. The van der Waals surface area contributed by atoms with Gasteiger partial charge >= 0.3 is 5.97 Å². The Bertz CT molecular complexity index is 870. The molecule has 0 bridgehead atoms. The number of benzene rings is 2. The molecule has 3 aromatic rings. The maximum atomic E-state index is 12.2. The van der Waals surface area contributed by atoms with Gasteiger partial charge in [-0.15, -0.1) is 0 Å². The van der Waals surface area contributed by atoms with Crippen molar-refractivity contribution < 1.29 is 14.6 Å². The largest absolute Gasteiger partial charge is 0.457 e. The Morgan fingerprint density at radius 1 is 1.22 bits per heavy atom. The van der Waals surface area contributed by atoms with Crippen LogP contribution in [0.4, 0.5) is 0 Å². The number of aliphatic hydroxyl groups is 1. The Balaban J connectivity index is 1.89. The van der Waals surface area contributed by atoms with Gasteiger partial charge < -0.3 is 14.4 Å². The monoisotopic (exact) mass is 329 g/mol. The number of ether oxygens (including phenoxy) is 1. The van der Waals surface area contributed by atoms with E-state index in [0.717, 1.165) is 22.2 Å². The predicted octanol–water partition coefficient (Wildman–Crippen LogP) is 3.68. The third-order valence-corrected chi connectivity index (χ3v) is 4.14. The van der Waals surface area contributed by atoms with Crippen LogP contribution in [0.15, 0.2) is 48.5 Å². The maximum absolute atomic E-state index is 12.2.